The number of thiocarbonyl (C=S) groups is 1. The molecule has 1 saturated heterocycles. The van der Waals surface area contributed by atoms with Crippen LogP contribution in [0.25, 0.3) is 6.08 Å². The Hall–Kier alpha value is -2.11. The lowest BCUT2D eigenvalue weighted by molar-refractivity contribution is -0.121. The van der Waals surface area contributed by atoms with Gasteiger partial charge in [-0.1, -0.05) is 0 Å². The fraction of sp³-hybridized carbons (Fsp3) is 0.214. The van der Waals surface area contributed by atoms with E-state index < -0.39 is 0 Å². The highest BCUT2D eigenvalue weighted by molar-refractivity contribution is 9.10. The highest BCUT2D eigenvalue weighted by atomic mass is 79.9. The third kappa shape index (κ3) is 3.21. The molecule has 1 N–H and O–H groups in total. The first-order chi connectivity index (χ1) is 10.5. The lowest BCUT2D eigenvalue weighted by atomic mass is 10.1. The highest BCUT2D eigenvalue weighted by Crippen LogP contribution is 2.37. The van der Waals surface area contributed by atoms with Crippen LogP contribution in [0.5, 0.6) is 11.5 Å². The zero-order valence-electron chi connectivity index (χ0n) is 11.8. The Labute approximate surface area is 141 Å². The normalized spacial score (nSPS) is 15.7. The second-order valence-corrected chi connectivity index (χ2v) is 5.57. The molecule has 1 aliphatic heterocycles. The second-order valence-electron chi connectivity index (χ2n) is 4.33. The Morgan fingerprint density at radius 3 is 2.82 bits per heavy atom. The number of ether oxygens (including phenoxy) is 2. The molecule has 22 heavy (non-hydrogen) atoms. The number of carbonyl (C=O) groups is 1. The smallest absolute Gasteiger partial charge is 0.276 e. The molecule has 1 aromatic carbocycles. The minimum absolute atomic E-state index is 0.0888. The van der Waals surface area contributed by atoms with E-state index in [1.165, 1.54) is 12.0 Å². The molecule has 0 unspecified atom stereocenters. The van der Waals surface area contributed by atoms with E-state index in [2.05, 4.69) is 21.2 Å². The van der Waals surface area contributed by atoms with E-state index in [0.717, 1.165) is 5.56 Å². The molecule has 0 atom stereocenters. The average Bonchev–Trinajstić information content (AvgIpc) is 2.73. The van der Waals surface area contributed by atoms with Crippen molar-refractivity contribution >= 4 is 45.2 Å². The molecule has 0 aliphatic carbocycles. The van der Waals surface area contributed by atoms with Gasteiger partial charge >= 0.3 is 0 Å². The van der Waals surface area contributed by atoms with Crippen LogP contribution in [0, 0.1) is 11.3 Å². The standard InChI is InChI=1S/C14H12BrN3O3S/c1-18-13(19)10(17-14(18)22)6-8-5-9(15)12(21-4-3-16)11(7-8)20-2/h5-7H,4H2,1-2H3,(H,17,22)/b10-6+. The number of carbonyl (C=O) groups excluding carboxylic acids is 1. The predicted octanol–water partition coefficient (Wildman–Crippen LogP) is 2.05. The molecule has 8 heteroatoms. The highest BCUT2D eigenvalue weighted by Gasteiger charge is 2.27. The number of nitrogens with zero attached hydrogens (tertiary/aromatic N) is 2. The molecular weight excluding hydrogens is 370 g/mol. The molecule has 1 amide bonds. The van der Waals surface area contributed by atoms with Gasteiger partial charge < -0.3 is 14.8 Å². The van der Waals surface area contributed by atoms with Crippen molar-refractivity contribution in [2.75, 3.05) is 20.8 Å². The van der Waals surface area contributed by atoms with Crippen LogP contribution in [0.1, 0.15) is 5.56 Å². The Morgan fingerprint density at radius 1 is 1.55 bits per heavy atom. The largest absolute Gasteiger partial charge is 0.493 e. The van der Waals surface area contributed by atoms with Crippen LogP contribution < -0.4 is 14.8 Å². The van der Waals surface area contributed by atoms with Crippen LogP contribution in [-0.2, 0) is 4.79 Å². The molecule has 0 bridgehead atoms. The molecule has 1 fully saturated rings. The summed E-state index contributed by atoms with van der Waals surface area (Å²) in [5.74, 6) is 0.687. The van der Waals surface area contributed by atoms with Gasteiger partial charge in [0.25, 0.3) is 5.91 Å². The molecular formula is C14H12BrN3O3S. The number of benzene rings is 1. The molecule has 6 nitrogen and oxygen atoms in total. The summed E-state index contributed by atoms with van der Waals surface area (Å²) in [6.07, 6.45) is 1.67. The summed E-state index contributed by atoms with van der Waals surface area (Å²) in [6, 6.07) is 5.37. The minimum atomic E-state index is -0.204. The van der Waals surface area contributed by atoms with Crippen LogP contribution in [0.3, 0.4) is 0 Å². The Bertz CT molecular complexity index is 712. The number of halogens is 1. The zero-order chi connectivity index (χ0) is 16.3. The Morgan fingerprint density at radius 2 is 2.27 bits per heavy atom. The first kappa shape index (κ1) is 16.3. The molecule has 0 spiro atoms. The molecule has 0 radical (unpaired) electrons. The summed E-state index contributed by atoms with van der Waals surface area (Å²) < 4.78 is 11.2. The number of hydrogen-bond donors (Lipinski definition) is 1. The van der Waals surface area contributed by atoms with Gasteiger partial charge in [0.2, 0.25) is 0 Å². The molecule has 114 valence electrons. The summed E-state index contributed by atoms with van der Waals surface area (Å²) in [4.78, 5) is 13.3. The summed E-state index contributed by atoms with van der Waals surface area (Å²) in [5.41, 5.74) is 1.11. The third-order valence-electron chi connectivity index (χ3n) is 2.93. The molecule has 1 aromatic rings. The zero-order valence-corrected chi connectivity index (χ0v) is 14.2. The van der Waals surface area contributed by atoms with Gasteiger partial charge in [0.15, 0.2) is 23.2 Å². The van der Waals surface area contributed by atoms with Gasteiger partial charge in [-0.2, -0.15) is 5.26 Å². The quantitative estimate of drug-likeness (QED) is 0.635. The van der Waals surface area contributed by atoms with Crippen LogP contribution in [-0.4, -0.2) is 36.7 Å². The molecule has 0 saturated carbocycles. The molecule has 0 aromatic heterocycles. The molecule has 1 aliphatic rings. The first-order valence-corrected chi connectivity index (χ1v) is 7.36. The monoisotopic (exact) mass is 381 g/mol. The topological polar surface area (TPSA) is 74.6 Å². The van der Waals surface area contributed by atoms with Crippen LogP contribution in [0.2, 0.25) is 0 Å². The maximum Gasteiger partial charge on any atom is 0.276 e. The molecule has 2 rings (SSSR count). The van der Waals surface area contributed by atoms with E-state index in [0.29, 0.717) is 26.8 Å². The van der Waals surface area contributed by atoms with Crippen molar-refractivity contribution in [1.82, 2.24) is 10.2 Å². The van der Waals surface area contributed by atoms with Crippen molar-refractivity contribution in [3.63, 3.8) is 0 Å². The van der Waals surface area contributed by atoms with E-state index in [-0.39, 0.29) is 12.5 Å². The van der Waals surface area contributed by atoms with E-state index in [1.54, 1.807) is 25.3 Å². The summed E-state index contributed by atoms with van der Waals surface area (Å²) >= 11 is 8.40. The molecule has 1 heterocycles. The summed E-state index contributed by atoms with van der Waals surface area (Å²) in [5, 5.41) is 11.8. The van der Waals surface area contributed by atoms with Crippen molar-refractivity contribution in [3.8, 4) is 17.6 Å². The average molecular weight is 382 g/mol. The fourth-order valence-corrected chi connectivity index (χ4v) is 2.62. The number of amides is 1. The van der Waals surface area contributed by atoms with E-state index >= 15 is 0 Å². The van der Waals surface area contributed by atoms with E-state index in [1.807, 2.05) is 6.07 Å². The lowest BCUT2D eigenvalue weighted by Crippen LogP contribution is -2.25. The first-order valence-electron chi connectivity index (χ1n) is 6.16. The van der Waals surface area contributed by atoms with E-state index in [4.69, 9.17) is 27.0 Å². The van der Waals surface area contributed by atoms with Gasteiger partial charge in [-0.3, -0.25) is 9.69 Å². The number of hydrogen-bond acceptors (Lipinski definition) is 5. The van der Waals surface area contributed by atoms with Gasteiger partial charge in [-0.15, -0.1) is 0 Å². The number of nitriles is 1. The second kappa shape index (κ2) is 6.77. The van der Waals surface area contributed by atoms with Gasteiger partial charge in [0.05, 0.1) is 11.6 Å². The number of nitrogens with one attached hydrogen (secondary N) is 1. The fourth-order valence-electron chi connectivity index (χ4n) is 1.86. The maximum absolute atomic E-state index is 12.0. The van der Waals surface area contributed by atoms with Crippen LogP contribution in [0.15, 0.2) is 22.3 Å². The van der Waals surface area contributed by atoms with Gasteiger partial charge in [-0.25, -0.2) is 0 Å². The van der Waals surface area contributed by atoms with Crippen molar-refractivity contribution in [2.45, 2.75) is 0 Å². The Balaban J connectivity index is 2.38. The van der Waals surface area contributed by atoms with Gasteiger partial charge in [0, 0.05) is 7.05 Å². The Kier molecular flexibility index (Phi) is 5.00. The summed E-state index contributed by atoms with van der Waals surface area (Å²) in [7, 11) is 3.10. The SMILES string of the molecule is COc1cc(/C=C2/NC(=S)N(C)C2=O)cc(Br)c1OCC#N. The van der Waals surface area contributed by atoms with Gasteiger partial charge in [-0.05, 0) is 51.9 Å². The van der Waals surface area contributed by atoms with Crippen molar-refractivity contribution in [1.29, 1.82) is 5.26 Å². The number of likely N-dealkylation sites (N-methyl/N-ethyl adjacent to an activating group) is 1. The number of rotatable bonds is 4. The van der Waals surface area contributed by atoms with Crippen LogP contribution >= 0.6 is 28.1 Å². The number of methoxy groups -OCH3 is 1. The summed E-state index contributed by atoms with van der Waals surface area (Å²) in [6.45, 7) is -0.0888. The van der Waals surface area contributed by atoms with Crippen molar-refractivity contribution in [3.05, 3.63) is 27.9 Å². The van der Waals surface area contributed by atoms with Crippen molar-refractivity contribution < 1.29 is 14.3 Å². The van der Waals surface area contributed by atoms with Crippen molar-refractivity contribution in [2.24, 2.45) is 0 Å². The van der Waals surface area contributed by atoms with E-state index in [9.17, 15) is 4.79 Å². The van der Waals surface area contributed by atoms with Crippen LogP contribution in [0.4, 0.5) is 0 Å². The predicted molar refractivity (Wildman–Crippen MR) is 88.3 cm³/mol. The van der Waals surface area contributed by atoms with Gasteiger partial charge in [0.1, 0.15) is 11.8 Å². The minimum Gasteiger partial charge on any atom is -0.493 e. The maximum atomic E-state index is 12.0. The third-order valence-corrected chi connectivity index (χ3v) is 3.89. The lowest BCUT2D eigenvalue weighted by Gasteiger charge is -2.11.